The lowest BCUT2D eigenvalue weighted by molar-refractivity contribution is -0.0164. The molecule has 4 fully saturated rings. The fraction of sp³-hybridized carbons (Fsp3) is 0.500. The van der Waals surface area contributed by atoms with Crippen molar-refractivity contribution >= 4 is 16.9 Å². The molecule has 1 unspecified atom stereocenters. The first kappa shape index (κ1) is 23.3. The number of hydrogen-bond donors (Lipinski definition) is 1. The number of fused-ring (bicyclic) bond motifs is 1. The summed E-state index contributed by atoms with van der Waals surface area (Å²) in [6, 6.07) is 16.8. The van der Waals surface area contributed by atoms with Crippen molar-refractivity contribution in [1.82, 2.24) is 19.8 Å². The van der Waals surface area contributed by atoms with Crippen LogP contribution in [0.25, 0.3) is 16.6 Å². The zero-order valence-electron chi connectivity index (χ0n) is 21.3. The Bertz CT molecular complexity index is 1300. The van der Waals surface area contributed by atoms with Gasteiger partial charge in [0.2, 0.25) is 0 Å². The minimum atomic E-state index is -0.318. The highest BCUT2D eigenvalue weighted by atomic mass is 16.2. The molecule has 7 rings (SSSR count). The molecule has 0 aliphatic heterocycles. The van der Waals surface area contributed by atoms with Crippen molar-refractivity contribution in [2.24, 2.45) is 17.8 Å². The quantitative estimate of drug-likeness (QED) is 0.478. The second kappa shape index (κ2) is 9.06. The molecule has 4 aliphatic rings. The Morgan fingerprint density at radius 2 is 1.61 bits per heavy atom. The van der Waals surface area contributed by atoms with Crippen LogP contribution in [0.5, 0.6) is 0 Å². The Hall–Kier alpha value is -3.15. The molecule has 1 heterocycles. The van der Waals surface area contributed by atoms with Crippen LogP contribution in [-0.4, -0.2) is 32.6 Å². The SMILES string of the molecule is CCC(c1nc2ccccc2c(=O)n1-c1ccccc1)N(CC)C(=O)NC12CC3CC(CC(C3)C1)C2. The molecule has 3 aromatic rings. The van der Waals surface area contributed by atoms with Crippen LogP contribution in [-0.2, 0) is 0 Å². The first-order valence-corrected chi connectivity index (χ1v) is 13.7. The Kier molecular flexibility index (Phi) is 5.85. The average molecular weight is 485 g/mol. The molecule has 4 aliphatic carbocycles. The van der Waals surface area contributed by atoms with Crippen LogP contribution in [0, 0.1) is 17.8 Å². The van der Waals surface area contributed by atoms with Gasteiger partial charge in [-0.2, -0.15) is 0 Å². The van der Waals surface area contributed by atoms with Gasteiger partial charge in [-0.15, -0.1) is 0 Å². The van der Waals surface area contributed by atoms with Crippen LogP contribution in [0.4, 0.5) is 4.79 Å². The number of hydrogen-bond acceptors (Lipinski definition) is 3. The molecular weight excluding hydrogens is 448 g/mol. The zero-order valence-corrected chi connectivity index (χ0v) is 21.3. The van der Waals surface area contributed by atoms with Crippen molar-refractivity contribution in [3.8, 4) is 5.69 Å². The molecule has 1 atom stereocenters. The van der Waals surface area contributed by atoms with Crippen LogP contribution >= 0.6 is 0 Å². The number of para-hydroxylation sites is 2. The van der Waals surface area contributed by atoms with Gasteiger partial charge in [0.1, 0.15) is 5.82 Å². The molecule has 0 saturated heterocycles. The van der Waals surface area contributed by atoms with E-state index in [0.29, 0.717) is 29.7 Å². The molecular formula is C30H36N4O2. The van der Waals surface area contributed by atoms with Gasteiger partial charge in [0.15, 0.2) is 0 Å². The summed E-state index contributed by atoms with van der Waals surface area (Å²) in [5, 5.41) is 4.13. The predicted octanol–water partition coefficient (Wildman–Crippen LogP) is 5.84. The molecule has 0 spiro atoms. The fourth-order valence-electron chi connectivity index (χ4n) is 7.81. The number of aromatic nitrogens is 2. The van der Waals surface area contributed by atoms with E-state index in [1.165, 1.54) is 19.3 Å². The van der Waals surface area contributed by atoms with Crippen molar-refractivity contribution < 1.29 is 4.79 Å². The summed E-state index contributed by atoms with van der Waals surface area (Å²) in [6.07, 6.45) is 8.03. The third-order valence-electron chi connectivity index (χ3n) is 8.89. The fourth-order valence-corrected chi connectivity index (χ4v) is 7.81. The highest BCUT2D eigenvalue weighted by Crippen LogP contribution is 2.55. The highest BCUT2D eigenvalue weighted by Gasteiger charge is 2.52. The monoisotopic (exact) mass is 484 g/mol. The second-order valence-corrected chi connectivity index (χ2v) is 11.3. The average Bonchev–Trinajstić information content (AvgIpc) is 2.86. The topological polar surface area (TPSA) is 67.2 Å². The van der Waals surface area contributed by atoms with Gasteiger partial charge >= 0.3 is 6.03 Å². The number of carbonyl (C=O) groups excluding carboxylic acids is 1. The summed E-state index contributed by atoms with van der Waals surface area (Å²) >= 11 is 0. The summed E-state index contributed by atoms with van der Waals surface area (Å²) in [6.45, 7) is 4.64. The molecule has 2 amide bonds. The van der Waals surface area contributed by atoms with E-state index < -0.39 is 0 Å². The smallest absolute Gasteiger partial charge is 0.318 e. The minimum Gasteiger partial charge on any atom is -0.333 e. The molecule has 4 bridgehead atoms. The molecule has 4 saturated carbocycles. The number of urea groups is 1. The van der Waals surface area contributed by atoms with Crippen molar-refractivity contribution in [3.63, 3.8) is 0 Å². The maximum Gasteiger partial charge on any atom is 0.318 e. The molecule has 36 heavy (non-hydrogen) atoms. The lowest BCUT2D eigenvalue weighted by Gasteiger charge is -2.57. The van der Waals surface area contributed by atoms with Crippen molar-refractivity contribution in [1.29, 1.82) is 0 Å². The van der Waals surface area contributed by atoms with Crippen molar-refractivity contribution in [3.05, 3.63) is 70.8 Å². The zero-order chi connectivity index (χ0) is 24.9. The standard InChI is InChI=1S/C30H36N4O2/c1-3-26(33(4-2)29(36)32-30-17-20-14-21(18-30)16-22(15-20)19-30)27-31-25-13-9-8-12-24(25)28(35)34(27)23-10-6-5-7-11-23/h5-13,20-22,26H,3-4,14-19H2,1-2H3,(H,32,36). The number of carbonyl (C=O) groups is 1. The van der Waals surface area contributed by atoms with Crippen molar-refractivity contribution in [2.75, 3.05) is 6.54 Å². The Morgan fingerprint density at radius 1 is 1.00 bits per heavy atom. The molecule has 1 aromatic heterocycles. The molecule has 188 valence electrons. The van der Waals surface area contributed by atoms with E-state index in [1.54, 1.807) is 4.57 Å². The lowest BCUT2D eigenvalue weighted by atomic mass is 9.53. The third kappa shape index (κ3) is 3.91. The number of benzene rings is 2. The maximum atomic E-state index is 13.9. The van der Waals surface area contributed by atoms with E-state index in [-0.39, 0.29) is 23.2 Å². The van der Waals surface area contributed by atoms with Crippen LogP contribution in [0.15, 0.2) is 59.4 Å². The van der Waals surface area contributed by atoms with E-state index in [2.05, 4.69) is 12.2 Å². The lowest BCUT2D eigenvalue weighted by Crippen LogP contribution is -2.62. The molecule has 2 aromatic carbocycles. The van der Waals surface area contributed by atoms with E-state index in [0.717, 1.165) is 42.7 Å². The summed E-state index contributed by atoms with van der Waals surface area (Å²) in [4.78, 5) is 34.6. The van der Waals surface area contributed by atoms with E-state index in [4.69, 9.17) is 4.98 Å². The highest BCUT2D eigenvalue weighted by molar-refractivity contribution is 5.78. The van der Waals surface area contributed by atoms with Crippen LogP contribution in [0.3, 0.4) is 0 Å². The first-order chi connectivity index (χ1) is 17.5. The summed E-state index contributed by atoms with van der Waals surface area (Å²) in [5.41, 5.74) is 1.28. The molecule has 6 nitrogen and oxygen atoms in total. The molecule has 0 radical (unpaired) electrons. The van der Waals surface area contributed by atoms with Crippen LogP contribution < -0.4 is 10.9 Å². The van der Waals surface area contributed by atoms with Crippen LogP contribution in [0.1, 0.15) is 70.7 Å². The Balaban J connectivity index is 1.39. The summed E-state index contributed by atoms with van der Waals surface area (Å²) < 4.78 is 1.71. The van der Waals surface area contributed by atoms with E-state index in [1.807, 2.05) is 66.4 Å². The first-order valence-electron chi connectivity index (χ1n) is 13.7. The largest absolute Gasteiger partial charge is 0.333 e. The van der Waals surface area contributed by atoms with Gasteiger partial charge in [-0.1, -0.05) is 37.3 Å². The minimum absolute atomic E-state index is 0.0201. The number of rotatable bonds is 6. The van der Waals surface area contributed by atoms with Gasteiger partial charge < -0.3 is 10.2 Å². The number of nitrogens with one attached hydrogen (secondary N) is 1. The normalized spacial score (nSPS) is 27.2. The van der Waals surface area contributed by atoms with Gasteiger partial charge in [-0.3, -0.25) is 9.36 Å². The molecule has 1 N–H and O–H groups in total. The Morgan fingerprint density at radius 3 is 2.22 bits per heavy atom. The maximum absolute atomic E-state index is 13.9. The van der Waals surface area contributed by atoms with Gasteiger partial charge in [0.05, 0.1) is 22.6 Å². The third-order valence-corrected chi connectivity index (χ3v) is 8.89. The predicted molar refractivity (Wildman–Crippen MR) is 142 cm³/mol. The van der Waals surface area contributed by atoms with Gasteiger partial charge in [-0.05, 0) is 93.9 Å². The van der Waals surface area contributed by atoms with Crippen molar-refractivity contribution in [2.45, 2.75) is 70.4 Å². The van der Waals surface area contributed by atoms with Gasteiger partial charge in [0.25, 0.3) is 5.56 Å². The Labute approximate surface area is 212 Å². The van der Waals surface area contributed by atoms with Gasteiger partial charge in [0, 0.05) is 12.1 Å². The molecule has 6 heteroatoms. The number of amides is 2. The van der Waals surface area contributed by atoms with E-state index >= 15 is 0 Å². The number of nitrogens with zero attached hydrogens (tertiary/aromatic N) is 3. The second-order valence-electron chi connectivity index (χ2n) is 11.3. The van der Waals surface area contributed by atoms with Crippen LogP contribution in [0.2, 0.25) is 0 Å². The van der Waals surface area contributed by atoms with E-state index in [9.17, 15) is 9.59 Å². The summed E-state index contributed by atoms with van der Waals surface area (Å²) in [5.74, 6) is 2.91. The summed E-state index contributed by atoms with van der Waals surface area (Å²) in [7, 11) is 0. The van der Waals surface area contributed by atoms with Gasteiger partial charge in [-0.25, -0.2) is 9.78 Å².